The molecule has 0 aliphatic carbocycles. The van der Waals surface area contributed by atoms with Gasteiger partial charge in [-0.25, -0.2) is 0 Å². The highest BCUT2D eigenvalue weighted by atomic mass is 35.6. The molecule has 1 heterocycles. The van der Waals surface area contributed by atoms with Crippen molar-refractivity contribution in [1.29, 1.82) is 0 Å². The second-order valence-corrected chi connectivity index (χ2v) is 8.96. The fourth-order valence-corrected chi connectivity index (χ4v) is 2.84. The van der Waals surface area contributed by atoms with Crippen molar-refractivity contribution in [3.05, 3.63) is 0 Å². The number of halogens is 3. The molecule has 1 saturated heterocycles. The molecule has 1 fully saturated rings. The fourth-order valence-electron chi connectivity index (χ4n) is 2.67. The van der Waals surface area contributed by atoms with Crippen LogP contribution in [0.15, 0.2) is 0 Å². The van der Waals surface area contributed by atoms with E-state index in [0.717, 1.165) is 13.8 Å². The Morgan fingerprint density at radius 1 is 0.967 bits per heavy atom. The SMILES string of the molecule is CC(=O)OC[C@H]1OC(OC(C)C)[C@H](NC(=O)C(Cl)(Cl)Cl)[C@@H](OC(C)=O)[C@H]1OC(C)=O. The van der Waals surface area contributed by atoms with E-state index in [1.807, 2.05) is 0 Å². The van der Waals surface area contributed by atoms with Crippen LogP contribution in [0.2, 0.25) is 0 Å². The fraction of sp³-hybridized carbons (Fsp3) is 0.765. The Bertz CT molecular complexity index is 653. The van der Waals surface area contributed by atoms with Crippen molar-refractivity contribution in [3.63, 3.8) is 0 Å². The lowest BCUT2D eigenvalue weighted by atomic mass is 9.96. The van der Waals surface area contributed by atoms with Gasteiger partial charge in [-0.15, -0.1) is 0 Å². The molecule has 1 aliphatic heterocycles. The van der Waals surface area contributed by atoms with Crippen molar-refractivity contribution >= 4 is 58.6 Å². The number of alkyl halides is 3. The molecular weight excluding hydrogens is 469 g/mol. The van der Waals surface area contributed by atoms with E-state index in [2.05, 4.69) is 5.32 Å². The van der Waals surface area contributed by atoms with E-state index in [1.54, 1.807) is 13.8 Å². The number of hydrogen-bond acceptors (Lipinski definition) is 9. The Morgan fingerprint density at radius 2 is 1.50 bits per heavy atom. The molecule has 10 nitrogen and oxygen atoms in total. The van der Waals surface area contributed by atoms with E-state index in [1.165, 1.54) is 6.92 Å². The summed E-state index contributed by atoms with van der Waals surface area (Å²) in [7, 11) is 0. The molecule has 0 bridgehead atoms. The number of ether oxygens (including phenoxy) is 5. The maximum absolute atomic E-state index is 12.3. The maximum atomic E-state index is 12.3. The van der Waals surface area contributed by atoms with Gasteiger partial charge >= 0.3 is 17.9 Å². The van der Waals surface area contributed by atoms with E-state index in [9.17, 15) is 19.2 Å². The lowest BCUT2D eigenvalue weighted by molar-refractivity contribution is -0.285. The standard InChI is InChI=1S/C17H24Cl3NO9/c1-7(2)27-15-12(21-16(25)17(18,19)20)14(29-10(5)24)13(28-9(4)23)11(30-15)6-26-8(3)22/h7,11-15H,6H2,1-5H3,(H,21,25)/t11-,12-,13+,14-,15?/m1/s1. The summed E-state index contributed by atoms with van der Waals surface area (Å²) in [5, 5.41) is 2.40. The Hall–Kier alpha value is -1.33. The van der Waals surface area contributed by atoms with Crippen LogP contribution in [-0.4, -0.2) is 71.0 Å². The molecular formula is C17H24Cl3NO9. The zero-order chi connectivity index (χ0) is 23.2. The summed E-state index contributed by atoms with van der Waals surface area (Å²) in [5.74, 6) is -3.14. The van der Waals surface area contributed by atoms with Gasteiger partial charge in [0.15, 0.2) is 18.5 Å². The first-order valence-corrected chi connectivity index (χ1v) is 10.0. The zero-order valence-electron chi connectivity index (χ0n) is 17.0. The molecule has 0 radical (unpaired) electrons. The van der Waals surface area contributed by atoms with Crippen LogP contribution < -0.4 is 5.32 Å². The number of carbonyl (C=O) groups is 4. The number of nitrogens with one attached hydrogen (secondary N) is 1. The Balaban J connectivity index is 3.37. The molecule has 1 N–H and O–H groups in total. The molecule has 0 aromatic carbocycles. The van der Waals surface area contributed by atoms with Gasteiger partial charge in [-0.2, -0.15) is 0 Å². The van der Waals surface area contributed by atoms with Gasteiger partial charge in [0.1, 0.15) is 18.8 Å². The maximum Gasteiger partial charge on any atom is 0.303 e. The van der Waals surface area contributed by atoms with Crippen molar-refractivity contribution in [2.45, 2.75) is 75.2 Å². The van der Waals surface area contributed by atoms with Crippen molar-refractivity contribution in [1.82, 2.24) is 5.32 Å². The summed E-state index contributed by atoms with van der Waals surface area (Å²) in [6.07, 6.45) is -5.27. The first-order chi connectivity index (χ1) is 13.7. The first-order valence-electron chi connectivity index (χ1n) is 8.88. The normalized spacial score (nSPS) is 26.6. The van der Waals surface area contributed by atoms with E-state index in [0.29, 0.717) is 0 Å². The van der Waals surface area contributed by atoms with Gasteiger partial charge in [0.25, 0.3) is 9.70 Å². The van der Waals surface area contributed by atoms with E-state index in [-0.39, 0.29) is 6.61 Å². The highest BCUT2D eigenvalue weighted by Gasteiger charge is 2.52. The molecule has 13 heteroatoms. The van der Waals surface area contributed by atoms with Gasteiger partial charge in [-0.05, 0) is 13.8 Å². The molecule has 0 saturated carbocycles. The van der Waals surface area contributed by atoms with Crippen LogP contribution in [0, 0.1) is 0 Å². The van der Waals surface area contributed by atoms with Gasteiger partial charge in [-0.3, -0.25) is 19.2 Å². The van der Waals surface area contributed by atoms with Crippen LogP contribution in [0.1, 0.15) is 34.6 Å². The zero-order valence-corrected chi connectivity index (χ0v) is 19.2. The molecule has 30 heavy (non-hydrogen) atoms. The minimum Gasteiger partial charge on any atom is -0.463 e. The molecule has 172 valence electrons. The predicted octanol–water partition coefficient (Wildman–Crippen LogP) is 1.42. The summed E-state index contributed by atoms with van der Waals surface area (Å²) in [5.41, 5.74) is 0. The number of carbonyl (C=O) groups excluding carboxylic acids is 4. The van der Waals surface area contributed by atoms with Gasteiger partial charge in [0.2, 0.25) is 0 Å². The summed E-state index contributed by atoms with van der Waals surface area (Å²) >= 11 is 16.9. The van der Waals surface area contributed by atoms with Gasteiger partial charge in [-0.1, -0.05) is 34.8 Å². The molecule has 0 spiro atoms. The lowest BCUT2D eigenvalue weighted by Gasteiger charge is -2.45. The highest BCUT2D eigenvalue weighted by molar-refractivity contribution is 6.76. The molecule has 1 amide bonds. The molecule has 5 atom stereocenters. The van der Waals surface area contributed by atoms with Crippen LogP contribution >= 0.6 is 34.8 Å². The Morgan fingerprint density at radius 3 is 1.93 bits per heavy atom. The van der Waals surface area contributed by atoms with Crippen LogP contribution in [0.4, 0.5) is 0 Å². The number of amides is 1. The van der Waals surface area contributed by atoms with E-state index >= 15 is 0 Å². The lowest BCUT2D eigenvalue weighted by Crippen LogP contribution is -2.67. The minimum absolute atomic E-state index is 0.339. The smallest absolute Gasteiger partial charge is 0.303 e. The molecule has 1 unspecified atom stereocenters. The van der Waals surface area contributed by atoms with Crippen LogP contribution in [-0.2, 0) is 42.9 Å². The van der Waals surface area contributed by atoms with Crippen LogP contribution in [0.5, 0.6) is 0 Å². The highest BCUT2D eigenvalue weighted by Crippen LogP contribution is 2.31. The second-order valence-electron chi connectivity index (χ2n) is 6.68. The summed E-state index contributed by atoms with van der Waals surface area (Å²) in [4.78, 5) is 47.0. The molecule has 0 aromatic rings. The average Bonchev–Trinajstić information content (AvgIpc) is 2.56. The number of hydrogen-bond donors (Lipinski definition) is 1. The Labute approximate surface area is 188 Å². The summed E-state index contributed by atoms with van der Waals surface area (Å²) < 4.78 is 24.7. The largest absolute Gasteiger partial charge is 0.463 e. The van der Waals surface area contributed by atoms with Crippen LogP contribution in [0.3, 0.4) is 0 Å². The predicted molar refractivity (Wildman–Crippen MR) is 105 cm³/mol. The molecule has 1 rings (SSSR count). The van der Waals surface area contributed by atoms with E-state index < -0.39 is 64.4 Å². The van der Waals surface area contributed by atoms with Crippen molar-refractivity contribution < 1.29 is 42.9 Å². The van der Waals surface area contributed by atoms with Gasteiger partial charge in [0.05, 0.1) is 6.10 Å². The quantitative estimate of drug-likeness (QED) is 0.319. The number of rotatable bonds is 7. The third kappa shape index (κ3) is 8.43. The van der Waals surface area contributed by atoms with Crippen molar-refractivity contribution in [2.75, 3.05) is 6.61 Å². The third-order valence-corrected chi connectivity index (χ3v) is 4.18. The van der Waals surface area contributed by atoms with Crippen molar-refractivity contribution in [2.24, 2.45) is 0 Å². The second kappa shape index (κ2) is 11.3. The molecule has 1 aliphatic rings. The molecule has 0 aromatic heterocycles. The topological polar surface area (TPSA) is 126 Å². The van der Waals surface area contributed by atoms with Gasteiger partial charge < -0.3 is 29.0 Å². The monoisotopic (exact) mass is 491 g/mol. The third-order valence-electron chi connectivity index (χ3n) is 3.66. The Kier molecular flexibility index (Phi) is 10.1. The summed E-state index contributed by atoms with van der Waals surface area (Å²) in [6, 6.07) is -1.22. The number of esters is 3. The average molecular weight is 493 g/mol. The van der Waals surface area contributed by atoms with Crippen molar-refractivity contribution in [3.8, 4) is 0 Å². The van der Waals surface area contributed by atoms with Crippen LogP contribution in [0.25, 0.3) is 0 Å². The minimum atomic E-state index is -2.34. The van der Waals surface area contributed by atoms with E-state index in [4.69, 9.17) is 58.5 Å². The first kappa shape index (κ1) is 26.7. The van der Waals surface area contributed by atoms with Gasteiger partial charge in [0, 0.05) is 20.8 Å². The summed E-state index contributed by atoms with van der Waals surface area (Å²) in [6.45, 7) is 6.47.